The van der Waals surface area contributed by atoms with E-state index >= 15 is 0 Å². The summed E-state index contributed by atoms with van der Waals surface area (Å²) in [4.78, 5) is 11.1. The van der Waals surface area contributed by atoms with Crippen LogP contribution in [0, 0.1) is 6.92 Å². The SMILES string of the molecule is Cc1ccc(Oc2c(C(=O)O)cccc2C(F)(F)F)cc1. The van der Waals surface area contributed by atoms with Gasteiger partial charge in [-0.3, -0.25) is 0 Å². The van der Waals surface area contributed by atoms with Crippen LogP contribution in [0.5, 0.6) is 11.5 Å². The molecule has 2 rings (SSSR count). The molecule has 0 aliphatic rings. The Balaban J connectivity index is 2.53. The van der Waals surface area contributed by atoms with E-state index < -0.39 is 29.0 Å². The van der Waals surface area contributed by atoms with Crippen molar-refractivity contribution in [2.45, 2.75) is 13.1 Å². The molecule has 0 aliphatic carbocycles. The van der Waals surface area contributed by atoms with Gasteiger partial charge in [-0.15, -0.1) is 0 Å². The molecule has 0 saturated heterocycles. The van der Waals surface area contributed by atoms with E-state index in [1.165, 1.54) is 12.1 Å². The second kappa shape index (κ2) is 5.47. The summed E-state index contributed by atoms with van der Waals surface area (Å²) in [6.45, 7) is 1.82. The van der Waals surface area contributed by atoms with Gasteiger partial charge in [-0.2, -0.15) is 13.2 Å². The molecule has 0 aliphatic heterocycles. The van der Waals surface area contributed by atoms with Crippen LogP contribution in [0.1, 0.15) is 21.5 Å². The number of hydrogen-bond acceptors (Lipinski definition) is 2. The van der Waals surface area contributed by atoms with Gasteiger partial charge in [-0.1, -0.05) is 23.8 Å². The van der Waals surface area contributed by atoms with Gasteiger partial charge in [0, 0.05) is 0 Å². The first-order valence-corrected chi connectivity index (χ1v) is 5.97. The Labute approximate surface area is 118 Å². The highest BCUT2D eigenvalue weighted by atomic mass is 19.4. The molecule has 0 amide bonds. The molecule has 0 saturated carbocycles. The number of carboxylic acid groups (broad SMARTS) is 1. The fourth-order valence-electron chi connectivity index (χ4n) is 1.76. The van der Waals surface area contributed by atoms with Crippen molar-refractivity contribution in [3.05, 3.63) is 59.2 Å². The molecule has 0 radical (unpaired) electrons. The molecule has 0 bridgehead atoms. The highest BCUT2D eigenvalue weighted by Gasteiger charge is 2.36. The molecule has 2 aromatic rings. The number of carbonyl (C=O) groups is 1. The van der Waals surface area contributed by atoms with E-state index in [4.69, 9.17) is 9.84 Å². The third kappa shape index (κ3) is 3.34. The smallest absolute Gasteiger partial charge is 0.420 e. The molecule has 3 nitrogen and oxygen atoms in total. The summed E-state index contributed by atoms with van der Waals surface area (Å²) >= 11 is 0. The van der Waals surface area contributed by atoms with Gasteiger partial charge in [0.2, 0.25) is 0 Å². The van der Waals surface area contributed by atoms with E-state index in [9.17, 15) is 18.0 Å². The minimum Gasteiger partial charge on any atom is -0.478 e. The Bertz CT molecular complexity index is 661. The number of ether oxygens (including phenoxy) is 1. The molecule has 21 heavy (non-hydrogen) atoms. The van der Waals surface area contributed by atoms with Crippen molar-refractivity contribution in [3.8, 4) is 11.5 Å². The zero-order valence-corrected chi connectivity index (χ0v) is 10.9. The summed E-state index contributed by atoms with van der Waals surface area (Å²) in [5, 5.41) is 9.03. The minimum atomic E-state index is -4.70. The van der Waals surface area contributed by atoms with Gasteiger partial charge in [0.15, 0.2) is 5.75 Å². The highest BCUT2D eigenvalue weighted by Crippen LogP contribution is 2.40. The van der Waals surface area contributed by atoms with Crippen molar-refractivity contribution in [1.82, 2.24) is 0 Å². The molecule has 2 aromatic carbocycles. The molecule has 1 N–H and O–H groups in total. The average molecular weight is 296 g/mol. The van der Waals surface area contributed by atoms with Crippen LogP contribution in [0.3, 0.4) is 0 Å². The van der Waals surface area contributed by atoms with Crippen LogP contribution in [0.25, 0.3) is 0 Å². The average Bonchev–Trinajstić information content (AvgIpc) is 2.40. The maximum absolute atomic E-state index is 13.0. The third-order valence-electron chi connectivity index (χ3n) is 2.79. The number of para-hydroxylation sites is 1. The minimum absolute atomic E-state index is 0.139. The molecule has 0 unspecified atom stereocenters. The van der Waals surface area contributed by atoms with Crippen LogP contribution in [0.15, 0.2) is 42.5 Å². The molecule has 0 atom stereocenters. The molecule has 0 spiro atoms. The first-order valence-electron chi connectivity index (χ1n) is 5.97. The fraction of sp³-hybridized carbons (Fsp3) is 0.133. The normalized spacial score (nSPS) is 11.2. The lowest BCUT2D eigenvalue weighted by Crippen LogP contribution is -2.11. The maximum atomic E-state index is 13.0. The van der Waals surface area contributed by atoms with Gasteiger partial charge >= 0.3 is 12.1 Å². The van der Waals surface area contributed by atoms with Crippen molar-refractivity contribution in [1.29, 1.82) is 0 Å². The van der Waals surface area contributed by atoms with Gasteiger partial charge in [0.1, 0.15) is 11.3 Å². The predicted molar refractivity (Wildman–Crippen MR) is 69.7 cm³/mol. The van der Waals surface area contributed by atoms with Gasteiger partial charge in [0.05, 0.1) is 5.56 Å². The summed E-state index contributed by atoms with van der Waals surface area (Å²) in [5.41, 5.74) is -0.752. The lowest BCUT2D eigenvalue weighted by molar-refractivity contribution is -0.138. The molecule has 6 heteroatoms. The van der Waals surface area contributed by atoms with E-state index in [0.717, 1.165) is 23.8 Å². The number of aryl methyl sites for hydroxylation is 1. The number of rotatable bonds is 3. The second-order valence-electron chi connectivity index (χ2n) is 4.40. The van der Waals surface area contributed by atoms with Gasteiger partial charge < -0.3 is 9.84 Å². The van der Waals surface area contributed by atoms with Crippen molar-refractivity contribution in [2.24, 2.45) is 0 Å². The Hall–Kier alpha value is -2.50. The van der Waals surface area contributed by atoms with Crippen molar-refractivity contribution in [3.63, 3.8) is 0 Å². The first kappa shape index (κ1) is 14.9. The quantitative estimate of drug-likeness (QED) is 0.906. The summed E-state index contributed by atoms with van der Waals surface area (Å²) in [6, 6.07) is 9.17. The second-order valence-corrected chi connectivity index (χ2v) is 4.40. The largest absolute Gasteiger partial charge is 0.478 e. The number of carboxylic acids is 1. The standard InChI is InChI=1S/C15H11F3O3/c1-9-5-7-10(8-6-9)21-13-11(14(19)20)3-2-4-12(13)15(16,17)18/h2-8H,1H3,(H,19,20). The van der Waals surface area contributed by atoms with Crippen LogP contribution in [-0.4, -0.2) is 11.1 Å². The summed E-state index contributed by atoms with van der Waals surface area (Å²) in [6.07, 6.45) is -4.70. The van der Waals surface area contributed by atoms with E-state index in [0.29, 0.717) is 0 Å². The molecule has 0 heterocycles. The number of hydrogen-bond donors (Lipinski definition) is 1. The first-order chi connectivity index (χ1) is 9.79. The Morgan fingerprint density at radius 3 is 2.24 bits per heavy atom. The number of benzene rings is 2. The van der Waals surface area contributed by atoms with Crippen LogP contribution < -0.4 is 4.74 Å². The lowest BCUT2D eigenvalue weighted by Gasteiger charge is -2.15. The Kier molecular flexibility index (Phi) is 3.88. The zero-order valence-electron chi connectivity index (χ0n) is 10.9. The molecular formula is C15H11F3O3. The zero-order chi connectivity index (χ0) is 15.6. The summed E-state index contributed by atoms with van der Waals surface area (Å²) in [5.74, 6) is -2.05. The Morgan fingerprint density at radius 2 is 1.71 bits per heavy atom. The van der Waals surface area contributed by atoms with Crippen LogP contribution in [0.4, 0.5) is 13.2 Å². The summed E-state index contributed by atoms with van der Waals surface area (Å²) < 4.78 is 44.1. The Morgan fingerprint density at radius 1 is 1.10 bits per heavy atom. The summed E-state index contributed by atoms with van der Waals surface area (Å²) in [7, 11) is 0. The van der Waals surface area contributed by atoms with E-state index in [1.807, 2.05) is 6.92 Å². The van der Waals surface area contributed by atoms with Crippen molar-refractivity contribution >= 4 is 5.97 Å². The molecule has 0 fully saturated rings. The van der Waals surface area contributed by atoms with E-state index in [2.05, 4.69) is 0 Å². The van der Waals surface area contributed by atoms with E-state index in [1.54, 1.807) is 12.1 Å². The topological polar surface area (TPSA) is 46.5 Å². The third-order valence-corrected chi connectivity index (χ3v) is 2.79. The van der Waals surface area contributed by atoms with Crippen LogP contribution in [-0.2, 0) is 6.18 Å². The number of halogens is 3. The van der Waals surface area contributed by atoms with Crippen LogP contribution >= 0.6 is 0 Å². The highest BCUT2D eigenvalue weighted by molar-refractivity contribution is 5.91. The number of aromatic carboxylic acids is 1. The monoisotopic (exact) mass is 296 g/mol. The van der Waals surface area contributed by atoms with Crippen molar-refractivity contribution in [2.75, 3.05) is 0 Å². The fourth-order valence-corrected chi connectivity index (χ4v) is 1.76. The number of alkyl halides is 3. The lowest BCUT2D eigenvalue weighted by atomic mass is 10.1. The molecule has 0 aromatic heterocycles. The van der Waals surface area contributed by atoms with Gasteiger partial charge in [-0.25, -0.2) is 4.79 Å². The van der Waals surface area contributed by atoms with Gasteiger partial charge in [0.25, 0.3) is 0 Å². The van der Waals surface area contributed by atoms with E-state index in [-0.39, 0.29) is 5.75 Å². The predicted octanol–water partition coefficient (Wildman–Crippen LogP) is 4.50. The van der Waals surface area contributed by atoms with Crippen molar-refractivity contribution < 1.29 is 27.8 Å². The van der Waals surface area contributed by atoms with Gasteiger partial charge in [-0.05, 0) is 31.2 Å². The van der Waals surface area contributed by atoms with Crippen LogP contribution in [0.2, 0.25) is 0 Å². The molecule has 110 valence electrons. The molecular weight excluding hydrogens is 285 g/mol. The maximum Gasteiger partial charge on any atom is 0.420 e.